The molecule has 0 bridgehead atoms. The number of nitriles is 1. The van der Waals surface area contributed by atoms with E-state index in [0.717, 1.165) is 39.1 Å². The van der Waals surface area contributed by atoms with Gasteiger partial charge in [-0.3, -0.25) is 19.0 Å². The third-order valence-electron chi connectivity index (χ3n) is 7.68. The first-order valence-electron chi connectivity index (χ1n) is 12.2. The number of rotatable bonds is 3. The summed E-state index contributed by atoms with van der Waals surface area (Å²) in [6.07, 6.45) is 3.91. The number of amides is 1. The highest BCUT2D eigenvalue weighted by Gasteiger charge is 2.39. The summed E-state index contributed by atoms with van der Waals surface area (Å²) < 4.78 is 1.61. The molecule has 184 valence electrons. The van der Waals surface area contributed by atoms with Gasteiger partial charge in [-0.25, -0.2) is 9.97 Å². The lowest BCUT2D eigenvalue weighted by Crippen LogP contribution is -2.52. The molecule has 0 radical (unpaired) electrons. The summed E-state index contributed by atoms with van der Waals surface area (Å²) in [4.78, 5) is 51.6. The molecule has 0 spiro atoms. The molecule has 2 aliphatic heterocycles. The molecule has 1 amide bonds. The van der Waals surface area contributed by atoms with E-state index < -0.39 is 5.54 Å². The van der Waals surface area contributed by atoms with Crippen molar-refractivity contribution in [1.29, 1.82) is 5.26 Å². The van der Waals surface area contributed by atoms with Crippen LogP contribution in [0.2, 0.25) is 0 Å². The van der Waals surface area contributed by atoms with Gasteiger partial charge < -0.3 is 10.2 Å². The maximum absolute atomic E-state index is 13.4. The number of fused-ring (bicyclic) bond motifs is 4. The molecule has 6 rings (SSSR count). The first kappa shape index (κ1) is 22.9. The molecule has 3 aromatic heterocycles. The standard InChI is InChI=1S/C26H26N6O3S/c1-13-6-17(25(35)32-21(13)18(33)8-26(32,2)3)30-22-20-16-5-4-15(24(34)31-10-14(9-27)11-31)7-19(16)36-23(20)29-12-28-22/h6,12,14-15H,4-5,7-8,10-11H2,1-3H3,(H,28,29,30)/t15-/m0/s1. The Bertz CT molecular complexity index is 1560. The first-order valence-corrected chi connectivity index (χ1v) is 13.0. The molecule has 0 aromatic carbocycles. The van der Waals surface area contributed by atoms with Crippen molar-refractivity contribution in [3.63, 3.8) is 0 Å². The maximum atomic E-state index is 13.4. The molecule has 1 atom stereocenters. The summed E-state index contributed by atoms with van der Waals surface area (Å²) in [6.45, 7) is 6.72. The van der Waals surface area contributed by atoms with Gasteiger partial charge in [-0.2, -0.15) is 5.26 Å². The van der Waals surface area contributed by atoms with Crippen LogP contribution in [0.3, 0.4) is 0 Å². The van der Waals surface area contributed by atoms with Crippen LogP contribution in [0.1, 0.15) is 53.2 Å². The van der Waals surface area contributed by atoms with Gasteiger partial charge in [0.05, 0.1) is 28.6 Å². The zero-order valence-electron chi connectivity index (χ0n) is 20.4. The summed E-state index contributed by atoms with van der Waals surface area (Å²) in [7, 11) is 0. The second-order valence-electron chi connectivity index (χ2n) is 10.7. The SMILES string of the molecule is Cc1cc(Nc2ncnc3sc4c(c23)CC[C@H](C(=O)N2CC(C#N)C2)C4)c(=O)n2c1C(=O)CC2(C)C. The van der Waals surface area contributed by atoms with Crippen LogP contribution in [0, 0.1) is 30.1 Å². The van der Waals surface area contributed by atoms with Crippen molar-refractivity contribution in [2.45, 2.75) is 52.0 Å². The van der Waals surface area contributed by atoms with Gasteiger partial charge in [-0.15, -0.1) is 11.3 Å². The van der Waals surface area contributed by atoms with Gasteiger partial charge in [0.2, 0.25) is 5.91 Å². The fraction of sp³-hybridized carbons (Fsp3) is 0.462. The van der Waals surface area contributed by atoms with Gasteiger partial charge >= 0.3 is 0 Å². The second kappa shape index (κ2) is 7.96. The van der Waals surface area contributed by atoms with Crippen LogP contribution >= 0.6 is 11.3 Å². The Labute approximate surface area is 211 Å². The van der Waals surface area contributed by atoms with E-state index in [2.05, 4.69) is 21.4 Å². The highest BCUT2D eigenvalue weighted by atomic mass is 32.1. The number of Topliss-reactive ketones (excluding diaryl/α,β-unsaturated/α-hetero) is 1. The smallest absolute Gasteiger partial charge is 0.275 e. The molecule has 0 unspecified atom stereocenters. The fourth-order valence-corrected chi connectivity index (χ4v) is 7.12. The van der Waals surface area contributed by atoms with Crippen LogP contribution < -0.4 is 10.9 Å². The summed E-state index contributed by atoms with van der Waals surface area (Å²) in [5.74, 6) is 0.562. The van der Waals surface area contributed by atoms with Crippen molar-refractivity contribution in [3.05, 3.63) is 44.4 Å². The van der Waals surface area contributed by atoms with Crippen molar-refractivity contribution in [1.82, 2.24) is 19.4 Å². The minimum absolute atomic E-state index is 0.0112. The molecule has 1 saturated heterocycles. The Kier molecular flexibility index (Phi) is 5.06. The Balaban J connectivity index is 1.34. The van der Waals surface area contributed by atoms with E-state index in [1.807, 2.05) is 20.8 Å². The van der Waals surface area contributed by atoms with Crippen molar-refractivity contribution in [2.75, 3.05) is 18.4 Å². The zero-order chi connectivity index (χ0) is 25.4. The van der Waals surface area contributed by atoms with Crippen LogP contribution in [0.15, 0.2) is 17.2 Å². The summed E-state index contributed by atoms with van der Waals surface area (Å²) in [5, 5.41) is 13.2. The monoisotopic (exact) mass is 502 g/mol. The average molecular weight is 503 g/mol. The van der Waals surface area contributed by atoms with Gasteiger partial charge in [0.25, 0.3) is 5.56 Å². The molecule has 10 heteroatoms. The third kappa shape index (κ3) is 3.37. The zero-order valence-corrected chi connectivity index (χ0v) is 21.2. The molecule has 1 N–H and O–H groups in total. The molecular formula is C26H26N6O3S. The fourth-order valence-electron chi connectivity index (χ4n) is 5.85. The van der Waals surface area contributed by atoms with Gasteiger partial charge in [-0.05, 0) is 57.2 Å². The van der Waals surface area contributed by atoms with Crippen LogP contribution in [-0.2, 0) is 23.2 Å². The Morgan fingerprint density at radius 1 is 1.28 bits per heavy atom. The quantitative estimate of drug-likeness (QED) is 0.583. The normalized spacial score (nSPS) is 20.6. The van der Waals surface area contributed by atoms with E-state index in [0.29, 0.717) is 43.1 Å². The van der Waals surface area contributed by atoms with Crippen LogP contribution in [0.4, 0.5) is 11.5 Å². The highest BCUT2D eigenvalue weighted by Crippen LogP contribution is 2.41. The number of nitrogens with one attached hydrogen (secondary N) is 1. The molecule has 9 nitrogen and oxygen atoms in total. The number of hydrogen-bond donors (Lipinski definition) is 1. The minimum Gasteiger partial charge on any atom is -0.340 e. The number of likely N-dealkylation sites (tertiary alicyclic amines) is 1. The van der Waals surface area contributed by atoms with Gasteiger partial charge in [0.15, 0.2) is 5.78 Å². The highest BCUT2D eigenvalue weighted by molar-refractivity contribution is 7.19. The molecule has 3 aliphatic rings. The number of hydrogen-bond acceptors (Lipinski definition) is 8. The summed E-state index contributed by atoms with van der Waals surface area (Å²) >= 11 is 1.57. The number of thiophene rings is 1. The van der Waals surface area contributed by atoms with Gasteiger partial charge in [0, 0.05) is 30.3 Å². The number of carbonyl (C=O) groups is 2. The Morgan fingerprint density at radius 2 is 2.06 bits per heavy atom. The molecule has 5 heterocycles. The van der Waals surface area contributed by atoms with Gasteiger partial charge in [-0.1, -0.05) is 0 Å². The number of ketones is 1. The summed E-state index contributed by atoms with van der Waals surface area (Å²) in [5.41, 5.74) is 1.94. The third-order valence-corrected chi connectivity index (χ3v) is 8.84. The van der Waals surface area contributed by atoms with E-state index in [4.69, 9.17) is 5.26 Å². The summed E-state index contributed by atoms with van der Waals surface area (Å²) in [6, 6.07) is 3.95. The lowest BCUT2D eigenvalue weighted by Gasteiger charge is -2.38. The van der Waals surface area contributed by atoms with Crippen LogP contribution in [-0.4, -0.2) is 44.2 Å². The van der Waals surface area contributed by atoms with Crippen LogP contribution in [0.5, 0.6) is 0 Å². The van der Waals surface area contributed by atoms with E-state index in [1.54, 1.807) is 26.9 Å². The number of aryl methyl sites for hydroxylation is 2. The van der Waals surface area contributed by atoms with Crippen LogP contribution in [0.25, 0.3) is 10.2 Å². The van der Waals surface area contributed by atoms with E-state index >= 15 is 0 Å². The minimum atomic E-state index is -0.584. The maximum Gasteiger partial charge on any atom is 0.275 e. The lowest BCUT2D eigenvalue weighted by atomic mass is 9.85. The predicted octanol–water partition coefficient (Wildman–Crippen LogP) is 3.31. The molecule has 1 aliphatic carbocycles. The largest absolute Gasteiger partial charge is 0.340 e. The number of aromatic nitrogens is 3. The molecule has 36 heavy (non-hydrogen) atoms. The van der Waals surface area contributed by atoms with Crippen molar-refractivity contribution >= 4 is 44.7 Å². The average Bonchev–Trinajstić information content (AvgIpc) is 3.29. The molecule has 3 aromatic rings. The lowest BCUT2D eigenvalue weighted by molar-refractivity contribution is -0.141. The van der Waals surface area contributed by atoms with Gasteiger partial charge in [0.1, 0.15) is 22.7 Å². The predicted molar refractivity (Wildman–Crippen MR) is 136 cm³/mol. The molecule has 1 fully saturated rings. The van der Waals surface area contributed by atoms with E-state index in [9.17, 15) is 14.4 Å². The second-order valence-corrected chi connectivity index (χ2v) is 11.8. The number of nitrogens with zero attached hydrogens (tertiary/aromatic N) is 5. The Morgan fingerprint density at radius 3 is 2.81 bits per heavy atom. The van der Waals surface area contributed by atoms with Crippen molar-refractivity contribution in [2.24, 2.45) is 11.8 Å². The topological polar surface area (TPSA) is 121 Å². The number of carbonyl (C=O) groups excluding carboxylic acids is 2. The number of pyridine rings is 1. The first-order chi connectivity index (χ1) is 17.2. The van der Waals surface area contributed by atoms with Crippen molar-refractivity contribution in [3.8, 4) is 6.07 Å². The van der Waals surface area contributed by atoms with Crippen molar-refractivity contribution < 1.29 is 9.59 Å². The Hall–Kier alpha value is -3.58. The molecular weight excluding hydrogens is 476 g/mol. The van der Waals surface area contributed by atoms with E-state index in [-0.39, 0.29) is 29.1 Å². The molecule has 0 saturated carbocycles. The number of anilines is 2. The van der Waals surface area contributed by atoms with E-state index in [1.165, 1.54) is 6.33 Å².